The number of rotatable bonds is 6. The van der Waals surface area contributed by atoms with Crippen molar-refractivity contribution >= 4 is 43.9 Å². The molecular weight excluding hydrogens is 477 g/mol. The summed E-state index contributed by atoms with van der Waals surface area (Å²) in [4.78, 5) is 8.46. The van der Waals surface area contributed by atoms with Gasteiger partial charge < -0.3 is 5.32 Å². The van der Waals surface area contributed by atoms with Gasteiger partial charge in [-0.15, -0.1) is 0 Å². The topological polar surface area (TPSA) is 108 Å². The highest BCUT2D eigenvalue weighted by atomic mass is 35.5. The summed E-state index contributed by atoms with van der Waals surface area (Å²) in [7, 11) is -3.55. The van der Waals surface area contributed by atoms with Crippen molar-refractivity contribution in [3.05, 3.63) is 83.0 Å². The highest BCUT2D eigenvalue weighted by Crippen LogP contribution is 2.34. The average Bonchev–Trinajstić information content (AvgIpc) is 2.79. The van der Waals surface area contributed by atoms with Crippen LogP contribution in [0, 0.1) is 17.1 Å². The van der Waals surface area contributed by atoms with Crippen molar-refractivity contribution in [3.63, 3.8) is 0 Å². The standard InChI is InChI=1S/C24H19ClFN5O2S/c1-14(15-4-3-5-19(26)8-15)30-23-18(11-27)13-28-21-7-6-16(9-20(21)23)17-10-22(24(25)29-12-17)31-34(2,32)33/h3-10,12-14,31H,1-2H3,(H,28,30). The average molecular weight is 496 g/mol. The molecule has 10 heteroatoms. The number of halogens is 2. The predicted octanol–water partition coefficient (Wildman–Crippen LogP) is 5.51. The monoisotopic (exact) mass is 495 g/mol. The molecule has 0 aliphatic carbocycles. The van der Waals surface area contributed by atoms with E-state index in [0.29, 0.717) is 33.3 Å². The molecule has 0 bridgehead atoms. The van der Waals surface area contributed by atoms with E-state index in [0.717, 1.165) is 11.8 Å². The first kappa shape index (κ1) is 23.4. The molecule has 2 aromatic heterocycles. The molecular formula is C24H19ClFN5O2S. The Bertz CT molecular complexity index is 1550. The third-order valence-corrected chi connectivity index (χ3v) is 6.06. The summed E-state index contributed by atoms with van der Waals surface area (Å²) in [5.41, 5.74) is 3.75. The maximum atomic E-state index is 13.7. The van der Waals surface area contributed by atoms with Crippen molar-refractivity contribution in [3.8, 4) is 17.2 Å². The molecule has 4 rings (SSSR count). The van der Waals surface area contributed by atoms with Gasteiger partial charge in [-0.2, -0.15) is 5.26 Å². The molecule has 2 N–H and O–H groups in total. The van der Waals surface area contributed by atoms with Crippen LogP contribution < -0.4 is 10.0 Å². The van der Waals surface area contributed by atoms with Gasteiger partial charge in [0, 0.05) is 29.4 Å². The first-order chi connectivity index (χ1) is 16.1. The Hall–Kier alpha value is -3.74. The molecule has 4 aromatic rings. The molecule has 2 aromatic carbocycles. The summed E-state index contributed by atoms with van der Waals surface area (Å²) in [6.45, 7) is 1.87. The van der Waals surface area contributed by atoms with Crippen LogP contribution >= 0.6 is 11.6 Å². The Morgan fingerprint density at radius 3 is 2.59 bits per heavy atom. The Labute approximate surface area is 201 Å². The van der Waals surface area contributed by atoms with Crippen molar-refractivity contribution in [1.29, 1.82) is 5.26 Å². The summed E-state index contributed by atoms with van der Waals surface area (Å²) in [5.74, 6) is -0.345. The fourth-order valence-electron chi connectivity index (χ4n) is 3.57. The van der Waals surface area contributed by atoms with Gasteiger partial charge in [-0.1, -0.05) is 29.8 Å². The van der Waals surface area contributed by atoms with E-state index in [1.54, 1.807) is 24.3 Å². The number of nitriles is 1. The number of sulfonamides is 1. The summed E-state index contributed by atoms with van der Waals surface area (Å²) in [6.07, 6.45) is 4.04. The molecule has 0 aliphatic rings. The Balaban J connectivity index is 1.81. The van der Waals surface area contributed by atoms with Crippen LogP contribution in [0.15, 0.2) is 60.9 Å². The maximum Gasteiger partial charge on any atom is 0.229 e. The summed E-state index contributed by atoms with van der Waals surface area (Å²) < 4.78 is 39.4. The molecule has 1 atom stereocenters. The molecule has 34 heavy (non-hydrogen) atoms. The lowest BCUT2D eigenvalue weighted by Crippen LogP contribution is -2.10. The number of nitrogens with zero attached hydrogens (tertiary/aromatic N) is 3. The van der Waals surface area contributed by atoms with Crippen LogP contribution in [0.3, 0.4) is 0 Å². The molecule has 2 heterocycles. The fourth-order valence-corrected chi connectivity index (χ4v) is 4.33. The van der Waals surface area contributed by atoms with Crippen LogP contribution in [0.2, 0.25) is 5.15 Å². The lowest BCUT2D eigenvalue weighted by Gasteiger charge is -2.19. The van der Waals surface area contributed by atoms with E-state index in [1.807, 2.05) is 19.1 Å². The summed E-state index contributed by atoms with van der Waals surface area (Å²) in [5, 5.41) is 13.7. The van der Waals surface area contributed by atoms with Crippen LogP contribution in [0.5, 0.6) is 0 Å². The Morgan fingerprint density at radius 1 is 1.09 bits per heavy atom. The van der Waals surface area contributed by atoms with Gasteiger partial charge in [0.05, 0.1) is 28.7 Å². The van der Waals surface area contributed by atoms with Crippen molar-refractivity contribution < 1.29 is 12.8 Å². The number of hydrogen-bond acceptors (Lipinski definition) is 6. The van der Waals surface area contributed by atoms with Crippen LogP contribution in [-0.4, -0.2) is 24.6 Å². The van der Waals surface area contributed by atoms with E-state index in [2.05, 4.69) is 26.1 Å². The number of hydrogen-bond donors (Lipinski definition) is 2. The van der Waals surface area contributed by atoms with E-state index >= 15 is 0 Å². The van der Waals surface area contributed by atoms with Crippen LogP contribution in [0.1, 0.15) is 24.1 Å². The van der Waals surface area contributed by atoms with Gasteiger partial charge in [0.1, 0.15) is 11.9 Å². The number of benzene rings is 2. The van der Waals surface area contributed by atoms with Crippen LogP contribution in [0.4, 0.5) is 15.8 Å². The third kappa shape index (κ3) is 5.09. The van der Waals surface area contributed by atoms with Gasteiger partial charge >= 0.3 is 0 Å². The third-order valence-electron chi connectivity index (χ3n) is 5.17. The van der Waals surface area contributed by atoms with Crippen LogP contribution in [0.25, 0.3) is 22.0 Å². The largest absolute Gasteiger partial charge is 0.377 e. The van der Waals surface area contributed by atoms with Gasteiger partial charge in [-0.25, -0.2) is 17.8 Å². The highest BCUT2D eigenvalue weighted by Gasteiger charge is 2.15. The lowest BCUT2D eigenvalue weighted by molar-refractivity contribution is 0.606. The van der Waals surface area contributed by atoms with Crippen molar-refractivity contribution in [1.82, 2.24) is 9.97 Å². The second-order valence-corrected chi connectivity index (χ2v) is 9.85. The van der Waals surface area contributed by atoms with Gasteiger partial charge in [0.2, 0.25) is 10.0 Å². The van der Waals surface area contributed by atoms with E-state index in [1.165, 1.54) is 24.5 Å². The van der Waals surface area contributed by atoms with Gasteiger partial charge in [0.15, 0.2) is 5.15 Å². The predicted molar refractivity (Wildman–Crippen MR) is 132 cm³/mol. The molecule has 0 amide bonds. The normalized spacial score (nSPS) is 12.2. The minimum Gasteiger partial charge on any atom is -0.377 e. The summed E-state index contributed by atoms with van der Waals surface area (Å²) >= 11 is 6.06. The number of nitrogens with one attached hydrogen (secondary N) is 2. The second kappa shape index (κ2) is 9.25. The molecule has 1 unspecified atom stereocenters. The van der Waals surface area contributed by atoms with Gasteiger partial charge in [0.25, 0.3) is 0 Å². The van der Waals surface area contributed by atoms with Crippen molar-refractivity contribution in [2.75, 3.05) is 16.3 Å². The molecule has 0 spiro atoms. The van der Waals surface area contributed by atoms with Crippen molar-refractivity contribution in [2.45, 2.75) is 13.0 Å². The van der Waals surface area contributed by atoms with Gasteiger partial charge in [-0.05, 0) is 48.4 Å². The van der Waals surface area contributed by atoms with E-state index < -0.39 is 10.0 Å². The first-order valence-corrected chi connectivity index (χ1v) is 12.4. The molecule has 172 valence electrons. The SMILES string of the molecule is CC(Nc1c(C#N)cnc2ccc(-c3cnc(Cl)c(NS(C)(=O)=O)c3)cc12)c1cccc(F)c1. The molecule has 0 fully saturated rings. The number of fused-ring (bicyclic) bond motifs is 1. The molecule has 0 aliphatic heterocycles. The van der Waals surface area contributed by atoms with Crippen LogP contribution in [-0.2, 0) is 10.0 Å². The summed E-state index contributed by atoms with van der Waals surface area (Å²) in [6, 6.07) is 15.1. The quantitative estimate of drug-likeness (QED) is 0.342. The number of anilines is 2. The fraction of sp³-hybridized carbons (Fsp3) is 0.125. The molecule has 0 radical (unpaired) electrons. The lowest BCUT2D eigenvalue weighted by atomic mass is 10.0. The minimum absolute atomic E-state index is 0.0228. The molecule has 7 nitrogen and oxygen atoms in total. The Morgan fingerprint density at radius 2 is 1.88 bits per heavy atom. The highest BCUT2D eigenvalue weighted by molar-refractivity contribution is 7.92. The van der Waals surface area contributed by atoms with Crippen molar-refractivity contribution in [2.24, 2.45) is 0 Å². The minimum atomic E-state index is -3.55. The Kier molecular flexibility index (Phi) is 6.37. The van der Waals surface area contributed by atoms with E-state index in [-0.39, 0.29) is 22.7 Å². The van der Waals surface area contributed by atoms with E-state index in [9.17, 15) is 18.1 Å². The number of aromatic nitrogens is 2. The molecule has 0 saturated carbocycles. The smallest absolute Gasteiger partial charge is 0.229 e. The van der Waals surface area contributed by atoms with Gasteiger partial charge in [-0.3, -0.25) is 9.71 Å². The number of pyridine rings is 2. The second-order valence-electron chi connectivity index (χ2n) is 7.75. The van der Waals surface area contributed by atoms with E-state index in [4.69, 9.17) is 11.6 Å². The zero-order chi connectivity index (χ0) is 24.5. The first-order valence-electron chi connectivity index (χ1n) is 10.1. The zero-order valence-electron chi connectivity index (χ0n) is 18.2. The maximum absolute atomic E-state index is 13.7. The zero-order valence-corrected chi connectivity index (χ0v) is 19.7. The molecule has 0 saturated heterocycles.